The van der Waals surface area contributed by atoms with Crippen molar-refractivity contribution in [1.29, 1.82) is 0 Å². The molecule has 1 aliphatic rings. The molecule has 0 radical (unpaired) electrons. The molecule has 3 rings (SSSR count). The molecule has 2 aromatic carbocycles. The van der Waals surface area contributed by atoms with Gasteiger partial charge in [0.05, 0.1) is 5.56 Å². The third-order valence-corrected chi connectivity index (χ3v) is 3.96. The zero-order valence-corrected chi connectivity index (χ0v) is 15.1. The topological polar surface area (TPSA) is 76.7 Å². The number of amides is 2. The molecule has 0 saturated heterocycles. The van der Waals surface area contributed by atoms with Gasteiger partial charge in [-0.3, -0.25) is 9.59 Å². The number of rotatable bonds is 4. The lowest BCUT2D eigenvalue weighted by atomic mass is 10.1. The number of carbonyl (C=O) groups is 2. The largest absolute Gasteiger partial charge is 0.486 e. The summed E-state index contributed by atoms with van der Waals surface area (Å²) >= 11 is 0. The molecule has 0 aromatic heterocycles. The van der Waals surface area contributed by atoms with Gasteiger partial charge in [0.25, 0.3) is 11.8 Å². The van der Waals surface area contributed by atoms with Crippen LogP contribution in [-0.4, -0.2) is 31.1 Å². The van der Waals surface area contributed by atoms with E-state index in [2.05, 4.69) is 10.6 Å². The van der Waals surface area contributed by atoms with Crippen LogP contribution in [0.15, 0.2) is 36.4 Å². The molecule has 0 atom stereocenters. The lowest BCUT2D eigenvalue weighted by Gasteiger charge is -2.20. The number of ether oxygens (including phenoxy) is 2. The molecule has 0 unspecified atom stereocenters. The van der Waals surface area contributed by atoms with Crippen molar-refractivity contribution in [3.05, 3.63) is 53.1 Å². The molecule has 0 saturated carbocycles. The quantitative estimate of drug-likeness (QED) is 0.884. The summed E-state index contributed by atoms with van der Waals surface area (Å²) in [7, 11) is 0. The average molecular weight is 354 g/mol. The van der Waals surface area contributed by atoms with Crippen molar-refractivity contribution in [1.82, 2.24) is 5.32 Å². The Morgan fingerprint density at radius 2 is 1.77 bits per heavy atom. The van der Waals surface area contributed by atoms with E-state index in [0.29, 0.717) is 41.5 Å². The molecule has 6 heteroatoms. The van der Waals surface area contributed by atoms with Crippen LogP contribution in [0.3, 0.4) is 0 Å². The van der Waals surface area contributed by atoms with Crippen molar-refractivity contribution in [3.63, 3.8) is 0 Å². The molecule has 0 bridgehead atoms. The number of aryl methyl sites for hydroxylation is 1. The van der Waals surface area contributed by atoms with Crippen LogP contribution in [0, 0.1) is 6.92 Å². The molecule has 26 heavy (non-hydrogen) atoms. The summed E-state index contributed by atoms with van der Waals surface area (Å²) in [5.41, 5.74) is 2.41. The molecule has 136 valence electrons. The van der Waals surface area contributed by atoms with Crippen molar-refractivity contribution in [2.45, 2.75) is 26.8 Å². The highest BCUT2D eigenvalue weighted by Crippen LogP contribution is 2.34. The van der Waals surface area contributed by atoms with E-state index < -0.39 is 0 Å². The molecule has 6 nitrogen and oxygen atoms in total. The smallest absolute Gasteiger partial charge is 0.259 e. The maximum absolute atomic E-state index is 12.6. The molecular weight excluding hydrogens is 332 g/mol. The summed E-state index contributed by atoms with van der Waals surface area (Å²) in [6.07, 6.45) is 0. The van der Waals surface area contributed by atoms with Crippen molar-refractivity contribution in [2.75, 3.05) is 18.5 Å². The first kappa shape index (κ1) is 17.8. The van der Waals surface area contributed by atoms with Gasteiger partial charge in [0.2, 0.25) is 0 Å². The zero-order valence-electron chi connectivity index (χ0n) is 15.1. The fourth-order valence-corrected chi connectivity index (χ4v) is 2.79. The number of nitrogens with one attached hydrogen (secondary N) is 2. The molecule has 1 heterocycles. The van der Waals surface area contributed by atoms with E-state index in [-0.39, 0.29) is 17.9 Å². The number of hydrogen-bond acceptors (Lipinski definition) is 4. The van der Waals surface area contributed by atoms with Gasteiger partial charge in [0.15, 0.2) is 11.5 Å². The molecule has 0 fully saturated rings. The van der Waals surface area contributed by atoms with Crippen molar-refractivity contribution >= 4 is 17.5 Å². The van der Waals surface area contributed by atoms with Gasteiger partial charge >= 0.3 is 0 Å². The second kappa shape index (κ2) is 7.47. The molecule has 2 amide bonds. The Labute approximate surface area is 152 Å². The summed E-state index contributed by atoms with van der Waals surface area (Å²) in [5, 5.41) is 5.71. The van der Waals surface area contributed by atoms with Gasteiger partial charge in [0, 0.05) is 17.3 Å². The van der Waals surface area contributed by atoms with Gasteiger partial charge in [-0.15, -0.1) is 0 Å². The molecule has 0 spiro atoms. The minimum Gasteiger partial charge on any atom is -0.486 e. The van der Waals surface area contributed by atoms with Crippen molar-refractivity contribution in [3.8, 4) is 11.5 Å². The van der Waals surface area contributed by atoms with Crippen molar-refractivity contribution < 1.29 is 19.1 Å². The van der Waals surface area contributed by atoms with Gasteiger partial charge in [0.1, 0.15) is 13.2 Å². The first-order valence-electron chi connectivity index (χ1n) is 8.57. The summed E-state index contributed by atoms with van der Waals surface area (Å²) < 4.78 is 11.1. The predicted molar refractivity (Wildman–Crippen MR) is 99.2 cm³/mol. The third kappa shape index (κ3) is 3.79. The Morgan fingerprint density at radius 1 is 1.00 bits per heavy atom. The fourth-order valence-electron chi connectivity index (χ4n) is 2.79. The minimum absolute atomic E-state index is 0.0627. The van der Waals surface area contributed by atoms with Gasteiger partial charge in [-0.2, -0.15) is 0 Å². The number of fused-ring (bicyclic) bond motifs is 1. The molecule has 1 aliphatic heterocycles. The SMILES string of the molecule is Cc1cc(NC(=O)c2cccc3c2OCCO3)ccc1C(=O)NC(C)C. The lowest BCUT2D eigenvalue weighted by Crippen LogP contribution is -2.30. The minimum atomic E-state index is -0.286. The molecule has 2 aromatic rings. The van der Waals surface area contributed by atoms with E-state index in [0.717, 1.165) is 5.56 Å². The maximum atomic E-state index is 12.6. The van der Waals surface area contributed by atoms with Crippen LogP contribution in [0.2, 0.25) is 0 Å². The van der Waals surface area contributed by atoms with E-state index in [9.17, 15) is 9.59 Å². The van der Waals surface area contributed by atoms with Crippen LogP contribution in [0.25, 0.3) is 0 Å². The Morgan fingerprint density at radius 3 is 2.50 bits per heavy atom. The Bertz CT molecular complexity index is 846. The molecule has 2 N–H and O–H groups in total. The predicted octanol–water partition coefficient (Wildman–Crippen LogP) is 3.16. The number of para-hydroxylation sites is 1. The van der Waals surface area contributed by atoms with Gasteiger partial charge in [-0.25, -0.2) is 0 Å². The van der Waals surface area contributed by atoms with Crippen LogP contribution >= 0.6 is 0 Å². The molecule has 0 aliphatic carbocycles. The third-order valence-electron chi connectivity index (χ3n) is 3.96. The van der Waals surface area contributed by atoms with Gasteiger partial charge in [-0.05, 0) is 56.7 Å². The van der Waals surface area contributed by atoms with E-state index in [4.69, 9.17) is 9.47 Å². The van der Waals surface area contributed by atoms with E-state index in [1.807, 2.05) is 20.8 Å². The first-order valence-corrected chi connectivity index (χ1v) is 8.57. The van der Waals surface area contributed by atoms with Gasteiger partial charge < -0.3 is 20.1 Å². The van der Waals surface area contributed by atoms with E-state index >= 15 is 0 Å². The highest BCUT2D eigenvalue weighted by atomic mass is 16.6. The summed E-state index contributed by atoms with van der Waals surface area (Å²) in [4.78, 5) is 24.8. The lowest BCUT2D eigenvalue weighted by molar-refractivity contribution is 0.0942. The van der Waals surface area contributed by atoms with Gasteiger partial charge in [-0.1, -0.05) is 6.07 Å². The Hall–Kier alpha value is -3.02. The number of carbonyl (C=O) groups excluding carboxylic acids is 2. The van der Waals surface area contributed by atoms with Crippen LogP contribution in [0.1, 0.15) is 40.1 Å². The van der Waals surface area contributed by atoms with E-state index in [1.54, 1.807) is 36.4 Å². The Balaban J connectivity index is 1.78. The highest BCUT2D eigenvalue weighted by molar-refractivity contribution is 6.07. The summed E-state index contributed by atoms with van der Waals surface area (Å²) in [6.45, 7) is 6.54. The maximum Gasteiger partial charge on any atom is 0.259 e. The normalized spacial score (nSPS) is 12.6. The monoisotopic (exact) mass is 354 g/mol. The number of anilines is 1. The zero-order chi connectivity index (χ0) is 18.7. The van der Waals surface area contributed by atoms with E-state index in [1.165, 1.54) is 0 Å². The summed E-state index contributed by atoms with van der Waals surface area (Å²) in [6, 6.07) is 10.5. The van der Waals surface area contributed by atoms with Crippen LogP contribution in [-0.2, 0) is 0 Å². The second-order valence-corrected chi connectivity index (χ2v) is 6.44. The van der Waals surface area contributed by atoms with Crippen molar-refractivity contribution in [2.24, 2.45) is 0 Å². The number of benzene rings is 2. The second-order valence-electron chi connectivity index (χ2n) is 6.44. The first-order chi connectivity index (χ1) is 12.5. The fraction of sp³-hybridized carbons (Fsp3) is 0.300. The highest BCUT2D eigenvalue weighted by Gasteiger charge is 2.20. The average Bonchev–Trinajstić information content (AvgIpc) is 2.60. The van der Waals surface area contributed by atoms with Crippen LogP contribution < -0.4 is 20.1 Å². The standard InChI is InChI=1S/C20H22N2O4/c1-12(2)21-19(23)15-8-7-14(11-13(15)3)22-20(24)16-5-4-6-17-18(16)26-10-9-25-17/h4-8,11-12H,9-10H2,1-3H3,(H,21,23)(H,22,24). The number of hydrogen-bond donors (Lipinski definition) is 2. The molecular formula is C20H22N2O4. The summed E-state index contributed by atoms with van der Waals surface area (Å²) in [5.74, 6) is 0.617. The van der Waals surface area contributed by atoms with Crippen LogP contribution in [0.4, 0.5) is 5.69 Å². The Kier molecular flexibility index (Phi) is 5.11. The van der Waals surface area contributed by atoms with Crippen LogP contribution in [0.5, 0.6) is 11.5 Å².